The molecule has 3 rings (SSSR count). The Morgan fingerprint density at radius 3 is 2.48 bits per heavy atom. The van der Waals surface area contributed by atoms with E-state index in [0.717, 1.165) is 11.4 Å². The lowest BCUT2D eigenvalue weighted by molar-refractivity contribution is 0.880. The number of nitrogens with one attached hydrogen (secondary N) is 2. The topological polar surface area (TPSA) is 62.7 Å². The monoisotopic (exact) mass is 280 g/mol. The van der Waals surface area contributed by atoms with E-state index < -0.39 is 0 Å². The van der Waals surface area contributed by atoms with Gasteiger partial charge in [-0.15, -0.1) is 0 Å². The average molecular weight is 280 g/mol. The largest absolute Gasteiger partial charge is 0.379 e. The third kappa shape index (κ3) is 2.86. The highest BCUT2D eigenvalue weighted by molar-refractivity contribution is 5.50. The van der Waals surface area contributed by atoms with Crippen molar-refractivity contribution in [1.82, 2.24) is 14.5 Å². The Hall–Kier alpha value is -2.82. The molecule has 0 bridgehead atoms. The Morgan fingerprint density at radius 2 is 1.86 bits per heavy atom. The van der Waals surface area contributed by atoms with E-state index in [0.29, 0.717) is 0 Å². The summed E-state index contributed by atoms with van der Waals surface area (Å²) in [6, 6.07) is 11.9. The zero-order valence-corrected chi connectivity index (χ0v) is 11.7. The molecule has 0 radical (unpaired) electrons. The number of H-pyrrole nitrogens is 1. The molecule has 0 spiro atoms. The highest BCUT2D eigenvalue weighted by Crippen LogP contribution is 2.19. The molecule has 106 valence electrons. The highest BCUT2D eigenvalue weighted by Gasteiger charge is 2.05. The molecule has 5 heteroatoms. The van der Waals surface area contributed by atoms with Crippen molar-refractivity contribution in [3.05, 3.63) is 77.2 Å². The van der Waals surface area contributed by atoms with E-state index in [9.17, 15) is 4.79 Å². The molecule has 3 aromatic rings. The van der Waals surface area contributed by atoms with Crippen LogP contribution in [0.1, 0.15) is 18.5 Å². The minimum absolute atomic E-state index is 0.138. The van der Waals surface area contributed by atoms with Gasteiger partial charge in [0.1, 0.15) is 0 Å². The summed E-state index contributed by atoms with van der Waals surface area (Å²) in [5.74, 6) is 0. The highest BCUT2D eigenvalue weighted by atomic mass is 16.1. The number of imidazole rings is 1. The summed E-state index contributed by atoms with van der Waals surface area (Å²) >= 11 is 0. The molecule has 0 saturated carbocycles. The van der Waals surface area contributed by atoms with Crippen LogP contribution in [-0.4, -0.2) is 14.5 Å². The molecule has 1 unspecified atom stereocenters. The lowest BCUT2D eigenvalue weighted by Gasteiger charge is -2.15. The second kappa shape index (κ2) is 5.66. The van der Waals surface area contributed by atoms with E-state index in [-0.39, 0.29) is 11.7 Å². The molecular formula is C16H16N4O. The van der Waals surface area contributed by atoms with Crippen molar-refractivity contribution in [2.75, 3.05) is 5.32 Å². The molecule has 21 heavy (non-hydrogen) atoms. The number of nitrogens with zero attached hydrogens (tertiary/aromatic N) is 2. The predicted molar refractivity (Wildman–Crippen MR) is 82.7 cm³/mol. The van der Waals surface area contributed by atoms with Crippen molar-refractivity contribution >= 4 is 5.69 Å². The van der Waals surface area contributed by atoms with E-state index in [4.69, 9.17) is 0 Å². The van der Waals surface area contributed by atoms with Crippen LogP contribution in [0.25, 0.3) is 5.69 Å². The lowest BCUT2D eigenvalue weighted by atomic mass is 10.1. The summed E-state index contributed by atoms with van der Waals surface area (Å²) in [5, 5.41) is 3.42. The van der Waals surface area contributed by atoms with Crippen molar-refractivity contribution in [2.24, 2.45) is 0 Å². The smallest absolute Gasteiger partial charge is 0.330 e. The second-order valence-corrected chi connectivity index (χ2v) is 4.83. The number of benzene rings is 1. The van der Waals surface area contributed by atoms with Gasteiger partial charge in [0.25, 0.3) is 0 Å². The van der Waals surface area contributed by atoms with Gasteiger partial charge in [0, 0.05) is 36.5 Å². The van der Waals surface area contributed by atoms with Crippen molar-refractivity contribution < 1.29 is 0 Å². The SMILES string of the molecule is CC(Nc1ccc(-n2cc[nH]c2=O)cc1)c1ccncc1. The van der Waals surface area contributed by atoms with Gasteiger partial charge >= 0.3 is 5.69 Å². The second-order valence-electron chi connectivity index (χ2n) is 4.83. The first-order valence-electron chi connectivity index (χ1n) is 6.77. The number of rotatable bonds is 4. The van der Waals surface area contributed by atoms with Gasteiger partial charge in [-0.25, -0.2) is 4.79 Å². The molecule has 1 atom stereocenters. The zero-order chi connectivity index (χ0) is 14.7. The molecule has 2 aromatic heterocycles. The number of anilines is 1. The van der Waals surface area contributed by atoms with Crippen LogP contribution in [0.5, 0.6) is 0 Å². The molecule has 0 aliphatic carbocycles. The molecule has 0 saturated heterocycles. The first kappa shape index (κ1) is 13.2. The molecule has 0 aliphatic heterocycles. The average Bonchev–Trinajstić information content (AvgIpc) is 2.95. The molecule has 5 nitrogen and oxygen atoms in total. The summed E-state index contributed by atoms with van der Waals surface area (Å²) in [6.45, 7) is 2.10. The zero-order valence-electron chi connectivity index (χ0n) is 11.7. The molecule has 0 aliphatic rings. The van der Waals surface area contributed by atoms with E-state index in [1.165, 1.54) is 5.56 Å². The number of aromatic nitrogens is 3. The van der Waals surface area contributed by atoms with Gasteiger partial charge in [-0.3, -0.25) is 9.55 Å². The number of hydrogen-bond donors (Lipinski definition) is 2. The van der Waals surface area contributed by atoms with Crippen LogP contribution in [0.15, 0.2) is 66.0 Å². The van der Waals surface area contributed by atoms with Gasteiger partial charge in [0.15, 0.2) is 0 Å². The Morgan fingerprint density at radius 1 is 1.14 bits per heavy atom. The fraction of sp³-hybridized carbons (Fsp3) is 0.125. The van der Waals surface area contributed by atoms with Gasteiger partial charge < -0.3 is 10.3 Å². The van der Waals surface area contributed by atoms with Crippen molar-refractivity contribution in [2.45, 2.75) is 13.0 Å². The van der Waals surface area contributed by atoms with E-state index >= 15 is 0 Å². The van der Waals surface area contributed by atoms with Crippen LogP contribution in [0.3, 0.4) is 0 Å². The van der Waals surface area contributed by atoms with Gasteiger partial charge in [-0.05, 0) is 48.9 Å². The fourth-order valence-corrected chi connectivity index (χ4v) is 2.23. The van der Waals surface area contributed by atoms with Gasteiger partial charge in [-0.2, -0.15) is 0 Å². The van der Waals surface area contributed by atoms with E-state index in [1.807, 2.05) is 36.4 Å². The summed E-state index contributed by atoms with van der Waals surface area (Å²) in [5.41, 5.74) is 2.88. The minimum Gasteiger partial charge on any atom is -0.379 e. The molecule has 2 heterocycles. The maximum Gasteiger partial charge on any atom is 0.330 e. The summed E-state index contributed by atoms with van der Waals surface area (Å²) < 4.78 is 1.57. The number of pyridine rings is 1. The molecular weight excluding hydrogens is 264 g/mol. The minimum atomic E-state index is -0.138. The third-order valence-electron chi connectivity index (χ3n) is 3.38. The van der Waals surface area contributed by atoms with E-state index in [1.54, 1.807) is 29.4 Å². The van der Waals surface area contributed by atoms with E-state index in [2.05, 4.69) is 22.2 Å². The maximum absolute atomic E-state index is 11.6. The Bertz CT molecular complexity index is 759. The summed E-state index contributed by atoms with van der Waals surface area (Å²) in [7, 11) is 0. The normalized spacial score (nSPS) is 12.0. The summed E-state index contributed by atoms with van der Waals surface area (Å²) in [4.78, 5) is 18.2. The van der Waals surface area contributed by atoms with Crippen molar-refractivity contribution in [1.29, 1.82) is 0 Å². The van der Waals surface area contributed by atoms with Crippen LogP contribution < -0.4 is 11.0 Å². The molecule has 0 fully saturated rings. The first-order valence-corrected chi connectivity index (χ1v) is 6.77. The quantitative estimate of drug-likeness (QED) is 0.772. The van der Waals surface area contributed by atoms with Crippen LogP contribution in [0, 0.1) is 0 Å². The van der Waals surface area contributed by atoms with Crippen LogP contribution in [0.2, 0.25) is 0 Å². The van der Waals surface area contributed by atoms with Crippen molar-refractivity contribution in [3.8, 4) is 5.69 Å². The van der Waals surface area contributed by atoms with Crippen LogP contribution in [-0.2, 0) is 0 Å². The molecule has 1 aromatic carbocycles. The van der Waals surface area contributed by atoms with Gasteiger partial charge in [0.05, 0.1) is 5.69 Å². The number of hydrogen-bond acceptors (Lipinski definition) is 3. The predicted octanol–water partition coefficient (Wildman–Crippen LogP) is 2.73. The van der Waals surface area contributed by atoms with Gasteiger partial charge in [0.2, 0.25) is 0 Å². The molecule has 2 N–H and O–H groups in total. The maximum atomic E-state index is 11.6. The van der Waals surface area contributed by atoms with Crippen LogP contribution >= 0.6 is 0 Å². The summed E-state index contributed by atoms with van der Waals surface area (Å²) in [6.07, 6.45) is 6.91. The van der Waals surface area contributed by atoms with Gasteiger partial charge in [-0.1, -0.05) is 0 Å². The Kier molecular flexibility index (Phi) is 3.55. The molecule has 0 amide bonds. The standard InChI is InChI=1S/C16H16N4O/c1-12(13-6-8-17-9-7-13)19-14-2-4-15(5-3-14)20-11-10-18-16(20)21/h2-12,19H,1H3,(H,18,21). The van der Waals surface area contributed by atoms with Crippen LogP contribution in [0.4, 0.5) is 5.69 Å². The Balaban J connectivity index is 1.76. The fourth-order valence-electron chi connectivity index (χ4n) is 2.23. The number of aromatic amines is 1. The Labute approximate surface area is 122 Å². The van der Waals surface area contributed by atoms with Crippen molar-refractivity contribution in [3.63, 3.8) is 0 Å². The lowest BCUT2D eigenvalue weighted by Crippen LogP contribution is -2.14. The first-order chi connectivity index (χ1) is 10.2. The third-order valence-corrected chi connectivity index (χ3v) is 3.38.